The summed E-state index contributed by atoms with van der Waals surface area (Å²) in [7, 11) is 0. The molecule has 3 nitrogen and oxygen atoms in total. The maximum Gasteiger partial charge on any atom is 0.178 e. The Morgan fingerprint density at radius 2 is 2.16 bits per heavy atom. The van der Waals surface area contributed by atoms with Gasteiger partial charge in [-0.2, -0.15) is 0 Å². The molecular formula is C15H22N2OS. The van der Waals surface area contributed by atoms with E-state index < -0.39 is 0 Å². The average Bonchev–Trinajstić information content (AvgIpc) is 3.11. The van der Waals surface area contributed by atoms with E-state index in [4.69, 9.17) is 5.73 Å². The number of Topliss-reactive ketones (excluding diaryl/α,β-unsaturated/α-hetero) is 1. The molecule has 0 bridgehead atoms. The number of hydrogen-bond donors (Lipinski definition) is 1. The quantitative estimate of drug-likeness (QED) is 0.809. The van der Waals surface area contributed by atoms with Gasteiger partial charge >= 0.3 is 0 Å². The monoisotopic (exact) mass is 278 g/mol. The molecule has 0 amide bonds. The lowest BCUT2D eigenvalue weighted by molar-refractivity contribution is 0.0972. The predicted molar refractivity (Wildman–Crippen MR) is 81.0 cm³/mol. The SMILES string of the molecule is CCN(CC1CCC1)c1cc(N)c(C(=O)C2CC2)s1. The van der Waals surface area contributed by atoms with Gasteiger partial charge in [0.25, 0.3) is 0 Å². The number of anilines is 2. The van der Waals surface area contributed by atoms with Crippen molar-refractivity contribution in [2.45, 2.75) is 39.0 Å². The Balaban J connectivity index is 1.75. The highest BCUT2D eigenvalue weighted by atomic mass is 32.1. The van der Waals surface area contributed by atoms with E-state index in [9.17, 15) is 4.79 Å². The second kappa shape index (κ2) is 5.16. The third-order valence-corrected chi connectivity index (χ3v) is 5.54. The molecule has 2 fully saturated rings. The molecule has 4 heteroatoms. The van der Waals surface area contributed by atoms with Crippen molar-refractivity contribution in [3.05, 3.63) is 10.9 Å². The molecule has 0 unspecified atom stereocenters. The van der Waals surface area contributed by atoms with Crippen LogP contribution in [0.1, 0.15) is 48.7 Å². The van der Waals surface area contributed by atoms with E-state index in [0.29, 0.717) is 5.69 Å². The fourth-order valence-electron chi connectivity index (χ4n) is 2.63. The van der Waals surface area contributed by atoms with Crippen molar-refractivity contribution >= 4 is 27.8 Å². The number of hydrogen-bond acceptors (Lipinski definition) is 4. The number of nitrogen functional groups attached to an aromatic ring is 1. The molecule has 0 aliphatic heterocycles. The summed E-state index contributed by atoms with van der Waals surface area (Å²) in [5.74, 6) is 1.37. The summed E-state index contributed by atoms with van der Waals surface area (Å²) in [4.78, 5) is 15.3. The van der Waals surface area contributed by atoms with Crippen LogP contribution in [0.3, 0.4) is 0 Å². The minimum absolute atomic E-state index is 0.260. The highest BCUT2D eigenvalue weighted by Gasteiger charge is 2.33. The average molecular weight is 278 g/mol. The van der Waals surface area contributed by atoms with Crippen molar-refractivity contribution < 1.29 is 4.79 Å². The van der Waals surface area contributed by atoms with E-state index in [1.54, 1.807) is 11.3 Å². The Labute approximate surface area is 118 Å². The van der Waals surface area contributed by atoms with Crippen molar-refractivity contribution in [3.8, 4) is 0 Å². The van der Waals surface area contributed by atoms with Gasteiger partial charge in [0, 0.05) is 19.0 Å². The Kier molecular flexibility index (Phi) is 3.52. The molecule has 19 heavy (non-hydrogen) atoms. The summed E-state index contributed by atoms with van der Waals surface area (Å²) in [5.41, 5.74) is 6.72. The predicted octanol–water partition coefficient (Wildman–Crippen LogP) is 3.55. The van der Waals surface area contributed by atoms with Crippen LogP contribution in [0.15, 0.2) is 6.07 Å². The van der Waals surface area contributed by atoms with Crippen LogP contribution in [0.5, 0.6) is 0 Å². The van der Waals surface area contributed by atoms with Crippen LogP contribution in [0.2, 0.25) is 0 Å². The van der Waals surface area contributed by atoms with Gasteiger partial charge in [-0.25, -0.2) is 0 Å². The van der Waals surface area contributed by atoms with E-state index in [-0.39, 0.29) is 11.7 Å². The number of carbonyl (C=O) groups excluding carboxylic acids is 1. The summed E-state index contributed by atoms with van der Waals surface area (Å²) in [5, 5.41) is 1.18. The van der Waals surface area contributed by atoms with Crippen molar-refractivity contribution in [2.75, 3.05) is 23.7 Å². The van der Waals surface area contributed by atoms with Gasteiger partial charge in [-0.3, -0.25) is 4.79 Å². The first-order valence-electron chi connectivity index (χ1n) is 7.37. The summed E-state index contributed by atoms with van der Waals surface area (Å²) in [6.45, 7) is 4.29. The molecule has 2 saturated carbocycles. The van der Waals surface area contributed by atoms with Gasteiger partial charge in [0.05, 0.1) is 15.6 Å². The molecule has 0 radical (unpaired) electrons. The van der Waals surface area contributed by atoms with Crippen molar-refractivity contribution in [3.63, 3.8) is 0 Å². The molecule has 0 aromatic carbocycles. The molecule has 0 spiro atoms. The molecule has 2 aliphatic rings. The first kappa shape index (κ1) is 13.0. The van der Waals surface area contributed by atoms with Crippen molar-refractivity contribution in [2.24, 2.45) is 11.8 Å². The van der Waals surface area contributed by atoms with Crippen LogP contribution in [0.4, 0.5) is 10.7 Å². The smallest absolute Gasteiger partial charge is 0.178 e. The fourth-order valence-corrected chi connectivity index (χ4v) is 3.80. The molecule has 1 heterocycles. The Morgan fingerprint density at radius 3 is 2.68 bits per heavy atom. The molecule has 104 valence electrons. The van der Waals surface area contributed by atoms with E-state index in [2.05, 4.69) is 11.8 Å². The zero-order valence-electron chi connectivity index (χ0n) is 11.5. The van der Waals surface area contributed by atoms with Gasteiger partial charge in [-0.05, 0) is 44.6 Å². The third kappa shape index (κ3) is 2.64. The van der Waals surface area contributed by atoms with Crippen LogP contribution in [0, 0.1) is 11.8 Å². The Morgan fingerprint density at radius 1 is 1.42 bits per heavy atom. The molecule has 2 N–H and O–H groups in total. The molecule has 3 rings (SSSR count). The minimum Gasteiger partial charge on any atom is -0.397 e. The minimum atomic E-state index is 0.260. The number of nitrogens with two attached hydrogens (primary N) is 1. The second-order valence-corrected chi connectivity index (χ2v) is 6.87. The first-order valence-corrected chi connectivity index (χ1v) is 8.19. The lowest BCUT2D eigenvalue weighted by Gasteiger charge is -2.32. The van der Waals surface area contributed by atoms with Crippen LogP contribution >= 0.6 is 11.3 Å². The van der Waals surface area contributed by atoms with Gasteiger partial charge in [-0.1, -0.05) is 6.42 Å². The zero-order chi connectivity index (χ0) is 13.4. The van der Waals surface area contributed by atoms with E-state index in [1.807, 2.05) is 6.07 Å². The third-order valence-electron chi connectivity index (χ3n) is 4.32. The number of carbonyl (C=O) groups is 1. The summed E-state index contributed by atoms with van der Waals surface area (Å²) in [6, 6.07) is 2.00. The van der Waals surface area contributed by atoms with Crippen molar-refractivity contribution in [1.29, 1.82) is 0 Å². The van der Waals surface area contributed by atoms with Crippen molar-refractivity contribution in [1.82, 2.24) is 0 Å². The highest BCUT2D eigenvalue weighted by Crippen LogP contribution is 2.40. The van der Waals surface area contributed by atoms with E-state index >= 15 is 0 Å². The lowest BCUT2D eigenvalue weighted by atomic mass is 9.85. The second-order valence-electron chi connectivity index (χ2n) is 5.84. The lowest BCUT2D eigenvalue weighted by Crippen LogP contribution is -2.31. The summed E-state index contributed by atoms with van der Waals surface area (Å²) < 4.78 is 0. The van der Waals surface area contributed by atoms with Gasteiger partial charge < -0.3 is 10.6 Å². The molecule has 0 saturated heterocycles. The fraction of sp³-hybridized carbons (Fsp3) is 0.667. The molecular weight excluding hydrogens is 256 g/mol. The van der Waals surface area contributed by atoms with Gasteiger partial charge in [-0.15, -0.1) is 11.3 Å². The van der Waals surface area contributed by atoms with Crippen LogP contribution in [0.25, 0.3) is 0 Å². The summed E-state index contributed by atoms with van der Waals surface area (Å²) in [6.07, 6.45) is 6.17. The zero-order valence-corrected chi connectivity index (χ0v) is 12.3. The van der Waals surface area contributed by atoms with Crippen LogP contribution < -0.4 is 10.6 Å². The van der Waals surface area contributed by atoms with E-state index in [0.717, 1.165) is 36.7 Å². The van der Waals surface area contributed by atoms with Crippen LogP contribution in [-0.2, 0) is 0 Å². The summed E-state index contributed by atoms with van der Waals surface area (Å²) >= 11 is 1.60. The maximum absolute atomic E-state index is 12.2. The Bertz CT molecular complexity index is 474. The number of rotatable bonds is 6. The number of ketones is 1. The van der Waals surface area contributed by atoms with Gasteiger partial charge in [0.2, 0.25) is 0 Å². The maximum atomic E-state index is 12.2. The molecule has 1 aromatic heterocycles. The van der Waals surface area contributed by atoms with Crippen LogP contribution in [-0.4, -0.2) is 18.9 Å². The normalized spacial score (nSPS) is 19.2. The largest absolute Gasteiger partial charge is 0.397 e. The van der Waals surface area contributed by atoms with E-state index in [1.165, 1.54) is 24.3 Å². The first-order chi connectivity index (χ1) is 9.19. The molecule has 0 atom stereocenters. The number of nitrogens with zero attached hydrogens (tertiary/aromatic N) is 1. The molecule has 1 aromatic rings. The highest BCUT2D eigenvalue weighted by molar-refractivity contribution is 7.18. The number of thiophene rings is 1. The Hall–Kier alpha value is -1.03. The molecule has 2 aliphatic carbocycles. The topological polar surface area (TPSA) is 46.3 Å². The standard InChI is InChI=1S/C15H22N2OS/c1-2-17(9-10-4-3-5-10)13-8-12(16)15(19-13)14(18)11-6-7-11/h8,10-11H,2-7,9,16H2,1H3. The van der Waals surface area contributed by atoms with Gasteiger partial charge in [0.1, 0.15) is 0 Å². The van der Waals surface area contributed by atoms with Gasteiger partial charge in [0.15, 0.2) is 5.78 Å².